The first-order valence-corrected chi connectivity index (χ1v) is 27.7. The smallest absolute Gasteiger partial charge is 0.198 e. The fourth-order valence-electron chi connectivity index (χ4n) is 10.2. The fourth-order valence-corrected chi connectivity index (χ4v) is 10.2. The maximum Gasteiger partial charge on any atom is 0.198 e. The van der Waals surface area contributed by atoms with E-state index >= 15 is 0 Å². The number of rotatable bonds is 28. The van der Waals surface area contributed by atoms with Gasteiger partial charge in [0.15, 0.2) is 12.1 Å². The van der Waals surface area contributed by atoms with Gasteiger partial charge >= 0.3 is 0 Å². The number of benzene rings is 8. The predicted octanol–water partition coefficient (Wildman–Crippen LogP) is 12.8. The Morgan fingerprint density at radius 3 is 0.938 bits per heavy atom. The van der Waals surface area contributed by atoms with Gasteiger partial charge in [0.1, 0.15) is 48.8 Å². The molecule has 0 radical (unpaired) electrons. The largest absolute Gasteiger partial charge is 0.374 e. The van der Waals surface area contributed by atoms with Gasteiger partial charge in [0.2, 0.25) is 0 Å². The van der Waals surface area contributed by atoms with Crippen molar-refractivity contribution in [2.75, 3.05) is 13.2 Å². The van der Waals surface area contributed by atoms with Crippen molar-refractivity contribution in [1.82, 2.24) is 0 Å². The molecule has 0 aliphatic carbocycles. The Balaban J connectivity index is 1.06. The first-order chi connectivity index (χ1) is 39.5. The Hall–Kier alpha value is -6.68. The van der Waals surface area contributed by atoms with Crippen LogP contribution in [0.4, 0.5) is 0 Å². The van der Waals surface area contributed by atoms with Crippen molar-refractivity contribution in [3.8, 4) is 0 Å². The van der Waals surface area contributed by atoms with Gasteiger partial charge in [-0.3, -0.25) is 0 Å². The van der Waals surface area contributed by atoms with E-state index in [4.69, 9.17) is 52.1 Å². The van der Waals surface area contributed by atoms with Gasteiger partial charge in [-0.2, -0.15) is 0 Å². The summed E-state index contributed by atoms with van der Waals surface area (Å²) in [7, 11) is 0. The van der Waals surface area contributed by atoms with E-state index in [1.807, 2.05) is 250 Å². The molecule has 0 bridgehead atoms. The Kier molecular flexibility index (Phi) is 21.0. The lowest BCUT2D eigenvalue weighted by molar-refractivity contribution is -0.431. The Labute approximate surface area is 471 Å². The molecule has 2 heterocycles. The second-order valence-corrected chi connectivity index (χ2v) is 20.4. The number of hydrogen-bond donors (Lipinski definition) is 0. The molecule has 0 amide bonds. The molecule has 2 aliphatic rings. The maximum atomic E-state index is 7.62. The summed E-state index contributed by atoms with van der Waals surface area (Å²) in [6.07, 6.45) is -7.53. The summed E-state index contributed by atoms with van der Waals surface area (Å²) >= 11 is 0. The molecule has 0 aromatic heterocycles. The highest BCUT2D eigenvalue weighted by molar-refractivity contribution is 5.20. The third-order valence-corrected chi connectivity index (χ3v) is 14.3. The summed E-state index contributed by atoms with van der Waals surface area (Å²) < 4.78 is 78.4. The second-order valence-electron chi connectivity index (χ2n) is 20.4. The Morgan fingerprint density at radius 2 is 0.575 bits per heavy atom. The van der Waals surface area contributed by atoms with E-state index in [1.54, 1.807) is 0 Å². The van der Waals surface area contributed by atoms with Crippen LogP contribution in [0.2, 0.25) is 0 Å². The van der Waals surface area contributed by atoms with Crippen LogP contribution in [-0.4, -0.2) is 74.1 Å². The van der Waals surface area contributed by atoms with E-state index in [9.17, 15) is 0 Å². The Bertz CT molecular complexity index is 2950. The van der Waals surface area contributed by atoms with Crippen LogP contribution in [0.25, 0.3) is 0 Å². The van der Waals surface area contributed by atoms with Crippen LogP contribution < -0.4 is 0 Å². The molecule has 0 unspecified atom stereocenters. The van der Waals surface area contributed by atoms with E-state index < -0.39 is 60.9 Å². The standard InChI is InChI=1S/C69H72O11/c1-69(67(77-49-59-40-24-9-25-41-59)65(75-47-57-36-20-7-21-37-57)63(73-45-55-32-16-5-17-33-55)61(79-69)51-71-43-53-28-12-3-13-29-53)80-68-66(76-48-58-38-22-8-23-39-58)64(74-46-56-34-18-6-19-35-56)62(72-44-54-30-14-4-15-31-54)60(78-68)50-70-42-52-26-10-2-11-27-52/h2-41,60-68H,42-51H2,1H3/t60-,61-,62+,63-,64+,65+,66-,67+,68+,69-/m1/s1. The summed E-state index contributed by atoms with van der Waals surface area (Å²) in [5.41, 5.74) is 7.88. The molecule has 2 aliphatic heterocycles. The van der Waals surface area contributed by atoms with Gasteiger partial charge in [0.05, 0.1) is 66.1 Å². The molecular formula is C69H72O11. The van der Waals surface area contributed by atoms with Crippen LogP contribution in [0, 0.1) is 0 Å². The van der Waals surface area contributed by atoms with Crippen molar-refractivity contribution in [1.29, 1.82) is 0 Å². The normalized spacial score (nSPS) is 23.8. The van der Waals surface area contributed by atoms with Gasteiger partial charge in [-0.15, -0.1) is 0 Å². The minimum atomic E-state index is -1.64. The molecule has 0 spiro atoms. The highest BCUT2D eigenvalue weighted by atomic mass is 16.8. The molecule has 8 aromatic rings. The van der Waals surface area contributed by atoms with Gasteiger partial charge in [0.25, 0.3) is 0 Å². The first-order valence-electron chi connectivity index (χ1n) is 27.7. The predicted molar refractivity (Wildman–Crippen MR) is 305 cm³/mol. The SMILES string of the molecule is C[C@]1(O[C@@H]2O[C@H](COCc3ccccc3)[C@H](OCc3ccccc3)[C@H](OCc3ccccc3)[C@H]2OCc2ccccc2)O[C@H](COCc2ccccc2)[C@@H](OCc2ccccc2)[C@H](OCc2ccccc2)[C@@H]1OCc1ccccc1. The topological polar surface area (TPSA) is 102 Å². The third kappa shape index (κ3) is 16.2. The zero-order valence-electron chi connectivity index (χ0n) is 45.4. The van der Waals surface area contributed by atoms with E-state index in [1.165, 1.54) is 0 Å². The molecule has 11 nitrogen and oxygen atoms in total. The minimum absolute atomic E-state index is 0.123. The van der Waals surface area contributed by atoms with Crippen molar-refractivity contribution in [2.45, 2.75) is 121 Å². The van der Waals surface area contributed by atoms with Crippen LogP contribution in [0.15, 0.2) is 243 Å². The van der Waals surface area contributed by atoms with Gasteiger partial charge < -0.3 is 52.1 Å². The summed E-state index contributed by atoms with van der Waals surface area (Å²) in [6, 6.07) is 80.7. The molecule has 10 rings (SSSR count). The summed E-state index contributed by atoms with van der Waals surface area (Å²) in [6.45, 7) is 4.28. The highest BCUT2D eigenvalue weighted by Crippen LogP contribution is 2.42. The maximum absolute atomic E-state index is 7.62. The fraction of sp³-hybridized carbons (Fsp3) is 0.304. The second kappa shape index (κ2) is 29.7. The lowest BCUT2D eigenvalue weighted by atomic mass is 9.91. The molecule has 80 heavy (non-hydrogen) atoms. The van der Waals surface area contributed by atoms with Crippen LogP contribution in [-0.2, 0) is 105 Å². The molecule has 0 N–H and O–H groups in total. The highest BCUT2D eigenvalue weighted by Gasteiger charge is 2.59. The van der Waals surface area contributed by atoms with Crippen molar-refractivity contribution in [3.05, 3.63) is 287 Å². The third-order valence-electron chi connectivity index (χ3n) is 14.3. The lowest BCUT2D eigenvalue weighted by Crippen LogP contribution is -2.70. The number of hydrogen-bond acceptors (Lipinski definition) is 11. The molecule has 2 fully saturated rings. The minimum Gasteiger partial charge on any atom is -0.374 e. The molecule has 2 saturated heterocycles. The van der Waals surface area contributed by atoms with E-state index in [-0.39, 0.29) is 52.9 Å². The van der Waals surface area contributed by atoms with Crippen molar-refractivity contribution in [3.63, 3.8) is 0 Å². The van der Waals surface area contributed by atoms with Crippen LogP contribution in [0.1, 0.15) is 51.4 Å². The van der Waals surface area contributed by atoms with Crippen LogP contribution in [0.3, 0.4) is 0 Å². The monoisotopic (exact) mass is 1080 g/mol. The van der Waals surface area contributed by atoms with Gasteiger partial charge in [-0.1, -0.05) is 243 Å². The zero-order valence-corrected chi connectivity index (χ0v) is 45.4. The van der Waals surface area contributed by atoms with Gasteiger partial charge in [-0.25, -0.2) is 0 Å². The van der Waals surface area contributed by atoms with Gasteiger partial charge in [0, 0.05) is 0 Å². The molecule has 0 saturated carbocycles. The van der Waals surface area contributed by atoms with Gasteiger partial charge in [-0.05, 0) is 51.4 Å². The summed E-state index contributed by atoms with van der Waals surface area (Å²) in [5, 5.41) is 0. The van der Waals surface area contributed by atoms with E-state index in [0.29, 0.717) is 13.2 Å². The first kappa shape index (κ1) is 56.6. The van der Waals surface area contributed by atoms with E-state index in [2.05, 4.69) is 0 Å². The molecule has 10 atom stereocenters. The van der Waals surface area contributed by atoms with Crippen LogP contribution >= 0.6 is 0 Å². The van der Waals surface area contributed by atoms with Crippen LogP contribution in [0.5, 0.6) is 0 Å². The summed E-state index contributed by atoms with van der Waals surface area (Å²) in [5.74, 6) is -1.64. The zero-order chi connectivity index (χ0) is 54.4. The lowest BCUT2D eigenvalue weighted by Gasteiger charge is -2.53. The quantitative estimate of drug-likeness (QED) is 0.0469. The molecular weight excluding hydrogens is 1000 g/mol. The average Bonchev–Trinajstić information content (AvgIpc) is 3.60. The summed E-state index contributed by atoms with van der Waals surface area (Å²) in [4.78, 5) is 0. The Morgan fingerprint density at radius 1 is 0.300 bits per heavy atom. The van der Waals surface area contributed by atoms with Crippen molar-refractivity contribution in [2.24, 2.45) is 0 Å². The van der Waals surface area contributed by atoms with E-state index in [0.717, 1.165) is 44.5 Å². The molecule has 8 aromatic carbocycles. The molecule has 414 valence electrons. The molecule has 11 heteroatoms. The number of ether oxygens (including phenoxy) is 11. The van der Waals surface area contributed by atoms with Crippen molar-refractivity contribution >= 4 is 0 Å². The average molecular weight is 1080 g/mol. The van der Waals surface area contributed by atoms with Crippen molar-refractivity contribution < 1.29 is 52.1 Å².